The summed E-state index contributed by atoms with van der Waals surface area (Å²) in [6.07, 6.45) is -0.0957. The van der Waals surface area contributed by atoms with Gasteiger partial charge in [-0.1, -0.05) is 12.1 Å². The van der Waals surface area contributed by atoms with E-state index in [2.05, 4.69) is 10.6 Å². The Kier molecular flexibility index (Phi) is 6.69. The lowest BCUT2D eigenvalue weighted by Crippen LogP contribution is -2.28. The van der Waals surface area contributed by atoms with E-state index in [1.165, 1.54) is 30.1 Å². The number of benzene rings is 1. The number of carbonyl (C=O) groups is 4. The van der Waals surface area contributed by atoms with Crippen molar-refractivity contribution in [1.82, 2.24) is 5.32 Å². The first-order valence-electron chi connectivity index (χ1n) is 9.66. The minimum atomic E-state index is -0.743. The summed E-state index contributed by atoms with van der Waals surface area (Å²) in [5.41, 5.74) is 0.617. The molecule has 164 valence electrons. The van der Waals surface area contributed by atoms with Crippen molar-refractivity contribution in [2.24, 2.45) is 5.92 Å². The van der Waals surface area contributed by atoms with Gasteiger partial charge in [0.1, 0.15) is 10.8 Å². The number of thiophene rings is 1. The predicted octanol–water partition coefficient (Wildman–Crippen LogP) is 2.72. The first-order valence-corrected chi connectivity index (χ1v) is 10.5. The van der Waals surface area contributed by atoms with Crippen LogP contribution in [-0.2, 0) is 14.3 Å². The Morgan fingerprint density at radius 1 is 1.29 bits per heavy atom. The number of hydrogen-bond acceptors (Lipinski definition) is 6. The van der Waals surface area contributed by atoms with Crippen molar-refractivity contribution in [3.05, 3.63) is 46.1 Å². The highest BCUT2D eigenvalue weighted by Gasteiger charge is 2.37. The van der Waals surface area contributed by atoms with E-state index in [0.717, 1.165) is 11.3 Å². The molecule has 1 aromatic heterocycles. The molecule has 3 amide bonds. The van der Waals surface area contributed by atoms with E-state index in [4.69, 9.17) is 4.74 Å². The molecule has 3 rings (SSSR count). The van der Waals surface area contributed by atoms with Gasteiger partial charge in [-0.05, 0) is 31.5 Å². The zero-order valence-corrected chi connectivity index (χ0v) is 18.1. The highest BCUT2D eigenvalue weighted by molar-refractivity contribution is 7.18. The number of carbonyl (C=O) groups excluding carboxylic acids is 4. The smallest absolute Gasteiger partial charge is 0.341 e. The third-order valence-corrected chi connectivity index (χ3v) is 6.14. The van der Waals surface area contributed by atoms with Crippen LogP contribution in [0.25, 0.3) is 0 Å². The van der Waals surface area contributed by atoms with Crippen LogP contribution in [0.4, 0.5) is 15.1 Å². The van der Waals surface area contributed by atoms with Gasteiger partial charge in [0, 0.05) is 20.0 Å². The van der Waals surface area contributed by atoms with Crippen LogP contribution in [0, 0.1) is 18.7 Å². The number of nitrogens with one attached hydrogen (secondary N) is 2. The second kappa shape index (κ2) is 9.25. The van der Waals surface area contributed by atoms with Crippen LogP contribution in [0.2, 0.25) is 0 Å². The maximum absolute atomic E-state index is 14.1. The van der Waals surface area contributed by atoms with Gasteiger partial charge in [0.15, 0.2) is 0 Å². The van der Waals surface area contributed by atoms with Gasteiger partial charge in [-0.15, -0.1) is 11.3 Å². The molecule has 1 aliphatic rings. The molecule has 0 radical (unpaired) electrons. The van der Waals surface area contributed by atoms with Gasteiger partial charge in [-0.25, -0.2) is 9.18 Å². The molecular formula is C21H22FN3O5S. The predicted molar refractivity (Wildman–Crippen MR) is 114 cm³/mol. The van der Waals surface area contributed by atoms with E-state index in [9.17, 15) is 23.6 Å². The van der Waals surface area contributed by atoms with Crippen LogP contribution in [0.3, 0.4) is 0 Å². The number of para-hydroxylation sites is 1. The number of esters is 1. The number of anilines is 2. The van der Waals surface area contributed by atoms with Gasteiger partial charge < -0.3 is 20.3 Å². The third-order valence-electron chi connectivity index (χ3n) is 4.94. The quantitative estimate of drug-likeness (QED) is 0.663. The zero-order valence-electron chi connectivity index (χ0n) is 17.3. The molecule has 1 aromatic carbocycles. The number of nitrogens with zero attached hydrogens (tertiary/aromatic N) is 1. The average molecular weight is 447 g/mol. The number of hydrogen-bond donors (Lipinski definition) is 2. The Balaban J connectivity index is 1.84. The molecule has 31 heavy (non-hydrogen) atoms. The van der Waals surface area contributed by atoms with Gasteiger partial charge in [-0.2, -0.15) is 0 Å². The maximum Gasteiger partial charge on any atom is 0.341 e. The molecule has 2 N–H and O–H groups in total. The monoisotopic (exact) mass is 447 g/mol. The molecule has 0 bridgehead atoms. The molecule has 0 aliphatic carbocycles. The van der Waals surface area contributed by atoms with Gasteiger partial charge >= 0.3 is 5.97 Å². The van der Waals surface area contributed by atoms with Gasteiger partial charge in [0.05, 0.1) is 28.7 Å². The summed E-state index contributed by atoms with van der Waals surface area (Å²) in [5.74, 6) is -3.21. The van der Waals surface area contributed by atoms with Crippen LogP contribution >= 0.6 is 11.3 Å². The molecule has 2 heterocycles. The minimum Gasteiger partial charge on any atom is -0.462 e. The lowest BCUT2D eigenvalue weighted by molar-refractivity contribution is -0.122. The van der Waals surface area contributed by atoms with Crippen molar-refractivity contribution in [2.45, 2.75) is 20.3 Å². The second-order valence-corrected chi connectivity index (χ2v) is 7.93. The molecule has 8 nitrogen and oxygen atoms in total. The normalized spacial score (nSPS) is 15.7. The first kappa shape index (κ1) is 22.4. The summed E-state index contributed by atoms with van der Waals surface area (Å²) in [7, 11) is 1.46. The van der Waals surface area contributed by atoms with Gasteiger partial charge in [0.25, 0.3) is 5.91 Å². The van der Waals surface area contributed by atoms with Crippen LogP contribution in [0.15, 0.2) is 24.3 Å². The van der Waals surface area contributed by atoms with Crippen molar-refractivity contribution in [3.63, 3.8) is 0 Å². The minimum absolute atomic E-state index is 0.00694. The molecule has 1 aliphatic heterocycles. The number of ether oxygens (including phenoxy) is 1. The van der Waals surface area contributed by atoms with Crippen molar-refractivity contribution < 1.29 is 28.3 Å². The molecule has 2 aromatic rings. The third kappa shape index (κ3) is 4.43. The zero-order chi connectivity index (χ0) is 22.7. The fraction of sp³-hybridized carbons (Fsp3) is 0.333. The van der Waals surface area contributed by atoms with E-state index in [1.54, 1.807) is 19.9 Å². The Morgan fingerprint density at radius 3 is 2.65 bits per heavy atom. The van der Waals surface area contributed by atoms with Crippen LogP contribution in [0.1, 0.15) is 38.9 Å². The van der Waals surface area contributed by atoms with Gasteiger partial charge in [-0.3, -0.25) is 14.4 Å². The SMILES string of the molecule is CCOC(=O)c1c(NC(=O)C2CC(=O)N(c3ccccc3F)C2)sc(C(=O)NC)c1C. The molecule has 10 heteroatoms. The van der Waals surface area contributed by atoms with E-state index in [0.29, 0.717) is 5.56 Å². The Bertz CT molecular complexity index is 1050. The molecule has 1 atom stereocenters. The van der Waals surface area contributed by atoms with E-state index in [-0.39, 0.29) is 46.6 Å². The molecule has 0 saturated carbocycles. The lowest BCUT2D eigenvalue weighted by Gasteiger charge is -2.17. The van der Waals surface area contributed by atoms with Crippen molar-refractivity contribution in [1.29, 1.82) is 0 Å². The molecule has 1 saturated heterocycles. The largest absolute Gasteiger partial charge is 0.462 e. The Morgan fingerprint density at radius 2 is 2.00 bits per heavy atom. The maximum atomic E-state index is 14.1. The summed E-state index contributed by atoms with van der Waals surface area (Å²) in [5, 5.41) is 5.34. The van der Waals surface area contributed by atoms with Crippen LogP contribution in [0.5, 0.6) is 0 Å². The van der Waals surface area contributed by atoms with Crippen molar-refractivity contribution in [3.8, 4) is 0 Å². The average Bonchev–Trinajstić information content (AvgIpc) is 3.28. The summed E-state index contributed by atoms with van der Waals surface area (Å²) in [6, 6.07) is 5.85. The molecular weight excluding hydrogens is 425 g/mol. The summed E-state index contributed by atoms with van der Waals surface area (Å²) in [4.78, 5) is 51.4. The number of rotatable bonds is 6. The fourth-order valence-electron chi connectivity index (χ4n) is 3.38. The number of halogens is 1. The highest BCUT2D eigenvalue weighted by Crippen LogP contribution is 2.35. The highest BCUT2D eigenvalue weighted by atomic mass is 32.1. The van der Waals surface area contributed by atoms with E-state index in [1.807, 2.05) is 0 Å². The first-order chi connectivity index (χ1) is 14.8. The van der Waals surface area contributed by atoms with Crippen molar-refractivity contribution >= 4 is 45.7 Å². The van der Waals surface area contributed by atoms with Crippen LogP contribution < -0.4 is 15.5 Å². The second-order valence-electron chi connectivity index (χ2n) is 6.91. The molecule has 1 unspecified atom stereocenters. The Hall–Kier alpha value is -3.27. The van der Waals surface area contributed by atoms with E-state index < -0.39 is 29.5 Å². The summed E-state index contributed by atoms with van der Waals surface area (Å²) in [6.45, 7) is 3.39. The topological polar surface area (TPSA) is 105 Å². The van der Waals surface area contributed by atoms with Crippen LogP contribution in [-0.4, -0.2) is 43.9 Å². The molecule has 1 fully saturated rings. The fourth-order valence-corrected chi connectivity index (χ4v) is 4.53. The summed E-state index contributed by atoms with van der Waals surface area (Å²) >= 11 is 0.957. The van der Waals surface area contributed by atoms with E-state index >= 15 is 0 Å². The molecule has 0 spiro atoms. The Labute approximate surface area is 182 Å². The standard InChI is InChI=1S/C21H22FN3O5S/c1-4-30-21(29)16-11(2)17(19(28)23-3)31-20(16)24-18(27)12-9-15(26)25(10-12)14-8-6-5-7-13(14)22/h5-8,12H,4,9-10H2,1-3H3,(H,23,28)(H,24,27). The summed E-state index contributed by atoms with van der Waals surface area (Å²) < 4.78 is 19.1. The van der Waals surface area contributed by atoms with Gasteiger partial charge in [0.2, 0.25) is 11.8 Å². The van der Waals surface area contributed by atoms with Crippen molar-refractivity contribution in [2.75, 3.05) is 30.4 Å². The number of amides is 3. The lowest BCUT2D eigenvalue weighted by atomic mass is 10.1.